The lowest BCUT2D eigenvalue weighted by Gasteiger charge is -2.42. The fourth-order valence-electron chi connectivity index (χ4n) is 4.29. The minimum absolute atomic E-state index is 0.0587. The van der Waals surface area contributed by atoms with Crippen molar-refractivity contribution in [2.24, 2.45) is 5.92 Å². The number of oxazole rings is 1. The highest BCUT2D eigenvalue weighted by atomic mass is 16.4. The lowest BCUT2D eigenvalue weighted by Crippen LogP contribution is -2.47. The van der Waals surface area contributed by atoms with E-state index in [1.54, 1.807) is 30.5 Å². The zero-order chi connectivity index (χ0) is 19.1. The minimum Gasteiger partial charge on any atom is -0.465 e. The molecule has 0 N–H and O–H groups in total. The van der Waals surface area contributed by atoms with Crippen molar-refractivity contribution in [2.75, 3.05) is 18.0 Å². The molecule has 1 fully saturated rings. The average Bonchev–Trinajstić information content (AvgIpc) is 3.36. The van der Waals surface area contributed by atoms with Gasteiger partial charge in [0.1, 0.15) is 11.8 Å². The second-order valence-electron chi connectivity index (χ2n) is 7.27. The van der Waals surface area contributed by atoms with Crippen molar-refractivity contribution in [1.29, 1.82) is 5.26 Å². The average molecular weight is 374 g/mol. The van der Waals surface area contributed by atoms with Gasteiger partial charge in [0.2, 0.25) is 17.5 Å². The van der Waals surface area contributed by atoms with Gasteiger partial charge >= 0.3 is 0 Å². The maximum absolute atomic E-state index is 12.2. The first-order valence-corrected chi connectivity index (χ1v) is 9.28. The van der Waals surface area contributed by atoms with Crippen LogP contribution in [0.2, 0.25) is 0 Å². The Labute approximate surface area is 161 Å². The van der Waals surface area contributed by atoms with Crippen LogP contribution in [-0.4, -0.2) is 22.6 Å². The first-order chi connectivity index (χ1) is 13.7. The van der Waals surface area contributed by atoms with Gasteiger partial charge in [0, 0.05) is 43.4 Å². The van der Waals surface area contributed by atoms with Crippen molar-refractivity contribution in [3.05, 3.63) is 70.0 Å². The molecule has 5 rings (SSSR count). The van der Waals surface area contributed by atoms with Crippen molar-refractivity contribution >= 4 is 18.0 Å². The smallest absolute Gasteiger partial charge is 0.250 e. The summed E-state index contributed by atoms with van der Waals surface area (Å²) in [7, 11) is 0. The molecule has 0 spiro atoms. The maximum atomic E-state index is 12.2. The van der Waals surface area contributed by atoms with Gasteiger partial charge in [-0.25, -0.2) is 0 Å². The first kappa shape index (κ1) is 16.6. The van der Waals surface area contributed by atoms with Gasteiger partial charge < -0.3 is 18.3 Å². The van der Waals surface area contributed by atoms with Crippen LogP contribution in [0.15, 0.2) is 50.2 Å². The topological polar surface area (TPSA) is 88.2 Å². The van der Waals surface area contributed by atoms with Crippen molar-refractivity contribution in [3.8, 4) is 6.07 Å². The Bertz CT molecular complexity index is 1130. The molecule has 0 unspecified atom stereocenters. The van der Waals surface area contributed by atoms with E-state index in [-0.39, 0.29) is 17.2 Å². The predicted molar refractivity (Wildman–Crippen MR) is 103 cm³/mol. The molecule has 140 valence electrons. The number of pyridine rings is 1. The summed E-state index contributed by atoms with van der Waals surface area (Å²) in [6, 6.07) is 11.2. The van der Waals surface area contributed by atoms with Crippen LogP contribution in [0.5, 0.6) is 0 Å². The van der Waals surface area contributed by atoms with E-state index < -0.39 is 0 Å². The molecule has 1 saturated heterocycles. The highest BCUT2D eigenvalue weighted by molar-refractivity contribution is 5.64. The van der Waals surface area contributed by atoms with Crippen molar-refractivity contribution in [2.45, 2.75) is 18.9 Å². The van der Waals surface area contributed by atoms with E-state index in [1.165, 1.54) is 0 Å². The summed E-state index contributed by atoms with van der Waals surface area (Å²) < 4.78 is 13.1. The van der Waals surface area contributed by atoms with Crippen molar-refractivity contribution < 1.29 is 8.83 Å². The Morgan fingerprint density at radius 3 is 2.93 bits per heavy atom. The predicted octanol–water partition coefficient (Wildman–Crippen LogP) is 3.10. The number of nitriles is 1. The number of piperidine rings is 1. The van der Waals surface area contributed by atoms with Gasteiger partial charge in [0.25, 0.3) is 5.56 Å². The lowest BCUT2D eigenvalue weighted by molar-refractivity contribution is 0.275. The van der Waals surface area contributed by atoms with E-state index in [9.17, 15) is 10.1 Å². The van der Waals surface area contributed by atoms with E-state index in [0.29, 0.717) is 36.5 Å². The third-order valence-corrected chi connectivity index (χ3v) is 5.43. The van der Waals surface area contributed by atoms with Crippen LogP contribution in [0.1, 0.15) is 35.4 Å². The molecule has 3 aromatic rings. The van der Waals surface area contributed by atoms with E-state index >= 15 is 0 Å². The summed E-state index contributed by atoms with van der Waals surface area (Å²) in [5, 5.41) is 9.52. The van der Waals surface area contributed by atoms with Crippen LogP contribution >= 0.6 is 0 Å². The van der Waals surface area contributed by atoms with E-state index in [0.717, 1.165) is 18.7 Å². The standard InChI is InChI=1S/C21H18N4O3/c22-10-17-21(28-19(23-17)7-6-16-3-2-8-27-16)24-11-14-9-15(13-24)18-4-1-5-20(26)25(18)12-14/h1-8,14-15H,9,11-13H2/b7-6+/t14-,15+/m0/s1. The lowest BCUT2D eigenvalue weighted by atomic mass is 9.83. The number of hydrogen-bond acceptors (Lipinski definition) is 6. The molecule has 5 heterocycles. The molecule has 2 aliphatic heterocycles. The van der Waals surface area contributed by atoms with Gasteiger partial charge in [-0.15, -0.1) is 0 Å². The van der Waals surface area contributed by atoms with Crippen LogP contribution in [-0.2, 0) is 6.54 Å². The van der Waals surface area contributed by atoms with Crippen LogP contribution in [0, 0.1) is 17.2 Å². The highest BCUT2D eigenvalue weighted by Gasteiger charge is 2.36. The van der Waals surface area contributed by atoms with E-state index in [2.05, 4.69) is 16.0 Å². The van der Waals surface area contributed by atoms with Gasteiger partial charge in [-0.1, -0.05) is 6.07 Å². The molecular formula is C21H18N4O3. The number of nitrogens with zero attached hydrogens (tertiary/aromatic N) is 4. The number of furan rings is 1. The quantitative estimate of drug-likeness (QED) is 0.700. The zero-order valence-electron chi connectivity index (χ0n) is 15.1. The molecule has 0 aromatic carbocycles. The molecule has 3 aromatic heterocycles. The first-order valence-electron chi connectivity index (χ1n) is 9.28. The Morgan fingerprint density at radius 1 is 1.18 bits per heavy atom. The van der Waals surface area contributed by atoms with Crippen LogP contribution in [0.3, 0.4) is 0 Å². The number of aromatic nitrogens is 2. The molecule has 7 heteroatoms. The van der Waals surface area contributed by atoms with E-state index in [1.807, 2.05) is 22.8 Å². The molecule has 2 aliphatic rings. The number of fused-ring (bicyclic) bond motifs is 4. The molecular weight excluding hydrogens is 356 g/mol. The Kier molecular flexibility index (Phi) is 3.90. The summed E-state index contributed by atoms with van der Waals surface area (Å²) in [6.45, 7) is 2.14. The van der Waals surface area contributed by atoms with Crippen LogP contribution < -0.4 is 10.5 Å². The minimum atomic E-state index is 0.0587. The normalized spacial score (nSPS) is 20.9. The van der Waals surface area contributed by atoms with Crippen molar-refractivity contribution in [3.63, 3.8) is 0 Å². The molecule has 7 nitrogen and oxygen atoms in total. The maximum Gasteiger partial charge on any atom is 0.250 e. The van der Waals surface area contributed by atoms with Gasteiger partial charge in [0.05, 0.1) is 6.26 Å². The van der Waals surface area contributed by atoms with Crippen LogP contribution in [0.25, 0.3) is 12.2 Å². The molecule has 0 aliphatic carbocycles. The van der Waals surface area contributed by atoms with Gasteiger partial charge in [-0.2, -0.15) is 10.2 Å². The summed E-state index contributed by atoms with van der Waals surface area (Å²) in [5.74, 6) is 2.14. The summed E-state index contributed by atoms with van der Waals surface area (Å²) in [4.78, 5) is 18.6. The zero-order valence-corrected chi connectivity index (χ0v) is 15.1. The number of hydrogen-bond donors (Lipinski definition) is 0. The Morgan fingerprint density at radius 2 is 2.11 bits per heavy atom. The number of anilines is 1. The van der Waals surface area contributed by atoms with Crippen LogP contribution in [0.4, 0.5) is 5.88 Å². The van der Waals surface area contributed by atoms with Gasteiger partial charge in [-0.3, -0.25) is 4.79 Å². The molecule has 2 atom stereocenters. The molecule has 0 radical (unpaired) electrons. The second-order valence-corrected chi connectivity index (χ2v) is 7.27. The second kappa shape index (κ2) is 6.57. The Balaban J connectivity index is 1.44. The fourth-order valence-corrected chi connectivity index (χ4v) is 4.29. The third-order valence-electron chi connectivity index (χ3n) is 5.43. The number of rotatable bonds is 3. The molecule has 28 heavy (non-hydrogen) atoms. The molecule has 0 amide bonds. The monoisotopic (exact) mass is 374 g/mol. The van der Waals surface area contributed by atoms with Gasteiger partial charge in [0.15, 0.2) is 0 Å². The largest absolute Gasteiger partial charge is 0.465 e. The summed E-state index contributed by atoms with van der Waals surface area (Å²) in [5.41, 5.74) is 1.40. The third kappa shape index (κ3) is 2.83. The fraction of sp³-hybridized carbons (Fsp3) is 0.286. The summed E-state index contributed by atoms with van der Waals surface area (Å²) in [6.07, 6.45) is 6.09. The van der Waals surface area contributed by atoms with Gasteiger partial charge in [-0.05, 0) is 36.6 Å². The van der Waals surface area contributed by atoms with Crippen molar-refractivity contribution in [1.82, 2.24) is 9.55 Å². The highest BCUT2D eigenvalue weighted by Crippen LogP contribution is 2.38. The Hall–Kier alpha value is -3.53. The molecule has 2 bridgehead atoms. The molecule has 0 saturated carbocycles. The van der Waals surface area contributed by atoms with E-state index in [4.69, 9.17) is 8.83 Å². The SMILES string of the molecule is N#Cc1nc(/C=C/c2ccco2)oc1N1C[C@@H]2C[C@H](C1)c1cccc(=O)n1C2. The summed E-state index contributed by atoms with van der Waals surface area (Å²) >= 11 is 0.